The van der Waals surface area contributed by atoms with Gasteiger partial charge in [-0.3, -0.25) is 19.9 Å². The molecule has 0 radical (unpaired) electrons. The summed E-state index contributed by atoms with van der Waals surface area (Å²) in [4.78, 5) is 35.3. The smallest absolute Gasteiger partial charge is 0.276 e. The molecule has 1 aliphatic heterocycles. The molecule has 3 aromatic rings. The van der Waals surface area contributed by atoms with Crippen molar-refractivity contribution in [2.45, 2.75) is 0 Å². The zero-order valence-electron chi connectivity index (χ0n) is 15.4. The van der Waals surface area contributed by atoms with Crippen LogP contribution in [0.3, 0.4) is 0 Å². The molecule has 9 heteroatoms. The van der Waals surface area contributed by atoms with Gasteiger partial charge in [0.1, 0.15) is 5.69 Å². The van der Waals surface area contributed by atoms with E-state index in [1.54, 1.807) is 23.1 Å². The molecule has 1 aliphatic rings. The summed E-state index contributed by atoms with van der Waals surface area (Å²) < 4.78 is 0. The first-order valence-electron chi connectivity index (χ1n) is 9.09. The van der Waals surface area contributed by atoms with Crippen LogP contribution in [0.2, 0.25) is 5.02 Å². The van der Waals surface area contributed by atoms with Crippen LogP contribution in [0.4, 0.5) is 5.13 Å². The molecule has 0 unspecified atom stereocenters. The van der Waals surface area contributed by atoms with Crippen molar-refractivity contribution < 1.29 is 9.59 Å². The molecule has 7 nitrogen and oxygen atoms in total. The SMILES string of the molecule is O=C(Nc1nc(-c2ccccc2Cl)cs1)c1ccc(C(=O)N2CCNCC2)cn1. The molecular weight excluding hydrogens is 410 g/mol. The average molecular weight is 428 g/mol. The second kappa shape index (κ2) is 8.69. The van der Waals surface area contributed by atoms with E-state index in [1.807, 2.05) is 23.6 Å². The van der Waals surface area contributed by atoms with Gasteiger partial charge >= 0.3 is 0 Å². The monoisotopic (exact) mass is 427 g/mol. The maximum absolute atomic E-state index is 12.5. The summed E-state index contributed by atoms with van der Waals surface area (Å²) >= 11 is 7.51. The highest BCUT2D eigenvalue weighted by atomic mass is 35.5. The van der Waals surface area contributed by atoms with Crippen LogP contribution in [0.5, 0.6) is 0 Å². The topological polar surface area (TPSA) is 87.2 Å². The van der Waals surface area contributed by atoms with Crippen LogP contribution >= 0.6 is 22.9 Å². The summed E-state index contributed by atoms with van der Waals surface area (Å²) in [5.41, 5.74) is 2.19. The lowest BCUT2D eigenvalue weighted by Crippen LogP contribution is -2.46. The van der Waals surface area contributed by atoms with Crippen molar-refractivity contribution in [1.82, 2.24) is 20.2 Å². The van der Waals surface area contributed by atoms with E-state index < -0.39 is 0 Å². The Bertz CT molecular complexity index is 1030. The van der Waals surface area contributed by atoms with Crippen LogP contribution in [0, 0.1) is 0 Å². The van der Waals surface area contributed by atoms with Gasteiger partial charge in [-0.15, -0.1) is 11.3 Å². The highest BCUT2D eigenvalue weighted by molar-refractivity contribution is 7.14. The number of nitrogens with zero attached hydrogens (tertiary/aromatic N) is 3. The molecule has 0 aliphatic carbocycles. The number of thiazole rings is 1. The number of piperazine rings is 1. The number of nitrogens with one attached hydrogen (secondary N) is 2. The number of carbonyl (C=O) groups excluding carboxylic acids is 2. The van der Waals surface area contributed by atoms with Crippen molar-refractivity contribution >= 4 is 39.9 Å². The Morgan fingerprint density at radius 1 is 1.14 bits per heavy atom. The molecule has 1 aromatic carbocycles. The molecule has 0 bridgehead atoms. The maximum atomic E-state index is 12.5. The number of rotatable bonds is 4. The van der Waals surface area contributed by atoms with Gasteiger partial charge < -0.3 is 10.2 Å². The third-order valence-electron chi connectivity index (χ3n) is 4.52. The number of aromatic nitrogens is 2. The second-order valence-corrected chi connectivity index (χ2v) is 7.71. The summed E-state index contributed by atoms with van der Waals surface area (Å²) in [7, 11) is 0. The fourth-order valence-electron chi connectivity index (χ4n) is 2.99. The molecular formula is C20H18ClN5O2S. The normalized spacial score (nSPS) is 13.9. The van der Waals surface area contributed by atoms with Crippen molar-refractivity contribution in [3.8, 4) is 11.3 Å². The van der Waals surface area contributed by atoms with Gasteiger partial charge in [0.05, 0.1) is 11.3 Å². The van der Waals surface area contributed by atoms with E-state index >= 15 is 0 Å². The molecule has 1 fully saturated rings. The molecule has 2 aromatic heterocycles. The molecule has 0 saturated carbocycles. The zero-order valence-corrected chi connectivity index (χ0v) is 17.0. The molecule has 3 heterocycles. The second-order valence-electron chi connectivity index (χ2n) is 6.45. The summed E-state index contributed by atoms with van der Waals surface area (Å²) in [5.74, 6) is -0.457. The highest BCUT2D eigenvalue weighted by Gasteiger charge is 2.19. The third kappa shape index (κ3) is 4.45. The van der Waals surface area contributed by atoms with Crippen LogP contribution in [0.25, 0.3) is 11.3 Å². The summed E-state index contributed by atoms with van der Waals surface area (Å²) in [6.45, 7) is 2.89. The van der Waals surface area contributed by atoms with Crippen LogP contribution in [-0.2, 0) is 0 Å². The van der Waals surface area contributed by atoms with E-state index in [-0.39, 0.29) is 17.5 Å². The average Bonchev–Trinajstić information content (AvgIpc) is 3.22. The number of carbonyl (C=O) groups is 2. The minimum atomic E-state index is -0.383. The largest absolute Gasteiger partial charge is 0.336 e. The summed E-state index contributed by atoms with van der Waals surface area (Å²) in [6, 6.07) is 10.6. The predicted octanol–water partition coefficient (Wildman–Crippen LogP) is 3.16. The summed E-state index contributed by atoms with van der Waals surface area (Å²) in [5, 5.41) is 8.83. The lowest BCUT2D eigenvalue weighted by Gasteiger charge is -2.27. The molecule has 0 atom stereocenters. The number of hydrogen-bond acceptors (Lipinski definition) is 6. The Labute approximate surface area is 176 Å². The summed E-state index contributed by atoms with van der Waals surface area (Å²) in [6.07, 6.45) is 1.44. The Balaban J connectivity index is 1.42. The van der Waals surface area contributed by atoms with Crippen molar-refractivity contribution in [2.24, 2.45) is 0 Å². The van der Waals surface area contributed by atoms with Gasteiger partial charge in [-0.25, -0.2) is 4.98 Å². The molecule has 2 N–H and O–H groups in total. The van der Waals surface area contributed by atoms with Crippen molar-refractivity contribution in [3.63, 3.8) is 0 Å². The van der Waals surface area contributed by atoms with Gasteiger partial charge in [0.25, 0.3) is 11.8 Å². The fourth-order valence-corrected chi connectivity index (χ4v) is 3.93. The first-order chi connectivity index (χ1) is 14.1. The first kappa shape index (κ1) is 19.5. The number of anilines is 1. The van der Waals surface area contributed by atoms with E-state index in [0.717, 1.165) is 18.7 Å². The minimum absolute atomic E-state index is 0.0738. The Kier molecular flexibility index (Phi) is 5.84. The van der Waals surface area contributed by atoms with Gasteiger partial charge in [0.15, 0.2) is 5.13 Å². The van der Waals surface area contributed by atoms with Crippen LogP contribution < -0.4 is 10.6 Å². The molecule has 148 valence electrons. The van der Waals surface area contributed by atoms with Crippen molar-refractivity contribution in [1.29, 1.82) is 0 Å². The molecule has 2 amide bonds. The fraction of sp³-hybridized carbons (Fsp3) is 0.200. The van der Waals surface area contributed by atoms with E-state index in [0.29, 0.717) is 34.5 Å². The van der Waals surface area contributed by atoms with Gasteiger partial charge in [-0.2, -0.15) is 0 Å². The Hall–Kier alpha value is -2.81. The van der Waals surface area contributed by atoms with Gasteiger partial charge in [0.2, 0.25) is 0 Å². The van der Waals surface area contributed by atoms with Crippen LogP contribution in [0.15, 0.2) is 48.0 Å². The first-order valence-corrected chi connectivity index (χ1v) is 10.4. The highest BCUT2D eigenvalue weighted by Crippen LogP contribution is 2.30. The van der Waals surface area contributed by atoms with Gasteiger partial charge in [0, 0.05) is 48.3 Å². The zero-order chi connectivity index (χ0) is 20.2. The number of halogens is 1. The molecule has 0 spiro atoms. The third-order valence-corrected chi connectivity index (χ3v) is 5.61. The minimum Gasteiger partial charge on any atom is -0.336 e. The van der Waals surface area contributed by atoms with E-state index in [4.69, 9.17) is 11.6 Å². The van der Waals surface area contributed by atoms with Crippen LogP contribution in [-0.4, -0.2) is 52.9 Å². The van der Waals surface area contributed by atoms with E-state index in [2.05, 4.69) is 20.6 Å². The number of pyridine rings is 1. The number of benzene rings is 1. The Morgan fingerprint density at radius 2 is 1.93 bits per heavy atom. The number of amides is 2. The number of hydrogen-bond donors (Lipinski definition) is 2. The lowest BCUT2D eigenvalue weighted by molar-refractivity contribution is 0.0735. The Morgan fingerprint density at radius 3 is 2.66 bits per heavy atom. The molecule has 1 saturated heterocycles. The van der Waals surface area contributed by atoms with Crippen LogP contribution in [0.1, 0.15) is 20.8 Å². The van der Waals surface area contributed by atoms with Crippen molar-refractivity contribution in [3.05, 3.63) is 64.3 Å². The quantitative estimate of drug-likeness (QED) is 0.667. The van der Waals surface area contributed by atoms with E-state index in [1.165, 1.54) is 17.5 Å². The van der Waals surface area contributed by atoms with E-state index in [9.17, 15) is 9.59 Å². The molecule has 29 heavy (non-hydrogen) atoms. The van der Waals surface area contributed by atoms with Gasteiger partial charge in [-0.1, -0.05) is 29.8 Å². The maximum Gasteiger partial charge on any atom is 0.276 e. The standard InChI is InChI=1S/C20H18ClN5O2S/c21-15-4-2-1-3-14(15)17-12-29-20(24-17)25-18(27)16-6-5-13(11-23-16)19(28)26-9-7-22-8-10-26/h1-6,11-12,22H,7-10H2,(H,24,25,27). The lowest BCUT2D eigenvalue weighted by atomic mass is 10.2. The van der Waals surface area contributed by atoms with Crippen molar-refractivity contribution in [2.75, 3.05) is 31.5 Å². The van der Waals surface area contributed by atoms with Gasteiger partial charge in [-0.05, 0) is 18.2 Å². The predicted molar refractivity (Wildman–Crippen MR) is 114 cm³/mol. The molecule has 4 rings (SSSR count).